The van der Waals surface area contributed by atoms with Gasteiger partial charge in [0.1, 0.15) is 24.7 Å². The fraction of sp³-hybridized carbons (Fsp3) is 0.636. The Morgan fingerprint density at radius 1 is 0.528 bits per heavy atom. The molecule has 3 aromatic rings. The minimum Gasteiger partial charge on any atom is -0.488 e. The second-order valence-corrected chi connectivity index (χ2v) is 14.8. The minimum atomic E-state index is -0.555. The Bertz CT molecular complexity index is 1480. The van der Waals surface area contributed by atoms with Crippen LogP contribution in [0.3, 0.4) is 0 Å². The summed E-state index contributed by atoms with van der Waals surface area (Å²) in [7, 11) is 0. The van der Waals surface area contributed by atoms with Gasteiger partial charge >= 0.3 is 11.9 Å². The van der Waals surface area contributed by atoms with Crippen LogP contribution >= 0.6 is 15.9 Å². The van der Waals surface area contributed by atoms with Gasteiger partial charge in [-0.3, -0.25) is 9.59 Å². The van der Waals surface area contributed by atoms with Crippen molar-refractivity contribution < 1.29 is 38.0 Å². The maximum Gasteiger partial charge on any atom is 0.306 e. The summed E-state index contributed by atoms with van der Waals surface area (Å²) in [6, 6.07) is 13.9. The highest BCUT2D eigenvalue weighted by atomic mass is 79.9. The minimum absolute atomic E-state index is 0.142. The Hall–Kier alpha value is -2.88. The van der Waals surface area contributed by atoms with Gasteiger partial charge in [0, 0.05) is 52.1 Å². The van der Waals surface area contributed by atoms with Gasteiger partial charge < -0.3 is 28.4 Å². The van der Waals surface area contributed by atoms with Crippen molar-refractivity contribution in [2.75, 3.05) is 39.6 Å². The van der Waals surface area contributed by atoms with Crippen LogP contribution in [0.15, 0.2) is 46.9 Å². The molecule has 0 N–H and O–H groups in total. The first-order valence-electron chi connectivity index (χ1n) is 20.4. The first-order valence-corrected chi connectivity index (χ1v) is 21.1. The average Bonchev–Trinajstić information content (AvgIpc) is 3.14. The molecule has 0 spiro atoms. The zero-order valence-corrected chi connectivity index (χ0v) is 34.5. The highest BCUT2D eigenvalue weighted by Gasteiger charge is 2.22. The number of unbranched alkanes of at least 4 members (excludes halogenated alkanes) is 10. The highest BCUT2D eigenvalue weighted by molar-refractivity contribution is 9.10. The van der Waals surface area contributed by atoms with Crippen LogP contribution in [-0.2, 0) is 28.5 Å². The van der Waals surface area contributed by atoms with Crippen molar-refractivity contribution in [3.05, 3.63) is 46.9 Å². The van der Waals surface area contributed by atoms with Crippen molar-refractivity contribution >= 4 is 49.4 Å². The predicted molar refractivity (Wildman–Crippen MR) is 218 cm³/mol. The van der Waals surface area contributed by atoms with Crippen LogP contribution in [0.25, 0.3) is 21.5 Å². The molecule has 0 bridgehead atoms. The summed E-state index contributed by atoms with van der Waals surface area (Å²) in [6.07, 6.45) is 15.1. The summed E-state index contributed by atoms with van der Waals surface area (Å²) in [5.74, 6) is 0.841. The monoisotopic (exact) mass is 800 g/mol. The van der Waals surface area contributed by atoms with E-state index in [1.54, 1.807) is 0 Å². The summed E-state index contributed by atoms with van der Waals surface area (Å²) in [6.45, 7) is 10.4. The molecule has 0 saturated heterocycles. The first kappa shape index (κ1) is 44.5. The number of halogens is 1. The summed E-state index contributed by atoms with van der Waals surface area (Å²) in [5.41, 5.74) is 0. The Kier molecular flexibility index (Phi) is 22.5. The van der Waals surface area contributed by atoms with Crippen molar-refractivity contribution in [2.45, 2.75) is 143 Å². The molecular formula is C44H65BrO8. The zero-order valence-electron chi connectivity index (χ0n) is 32.9. The van der Waals surface area contributed by atoms with Crippen molar-refractivity contribution in [2.24, 2.45) is 0 Å². The topological polar surface area (TPSA) is 89.5 Å². The third-order valence-electron chi connectivity index (χ3n) is 9.11. The maximum atomic E-state index is 12.6. The fourth-order valence-electron chi connectivity index (χ4n) is 6.26. The largest absolute Gasteiger partial charge is 0.488 e. The van der Waals surface area contributed by atoms with Gasteiger partial charge in [0.05, 0.1) is 13.2 Å². The highest BCUT2D eigenvalue weighted by Crippen LogP contribution is 2.44. The first-order chi connectivity index (χ1) is 25.9. The standard InChI is InChI=1S/C44H65BrO8/c1-5-9-11-13-15-19-27-48-30-35(52-41(46)21-7-3)32-50-43-37-23-17-18-24-38(37)44(40-29-34(45)25-26-39(40)43)51-33-36(53-42(47)22-8-4)31-49-28-20-16-14-12-10-6-2/h17-18,23-26,29,35-36H,5-16,19-22,27-28,30-33H2,1-4H3. The molecule has 3 rings (SSSR count). The van der Waals surface area contributed by atoms with Crippen LogP contribution in [0.1, 0.15) is 130 Å². The number of hydrogen-bond acceptors (Lipinski definition) is 8. The van der Waals surface area contributed by atoms with E-state index in [1.165, 1.54) is 51.4 Å². The number of esters is 2. The van der Waals surface area contributed by atoms with Gasteiger partial charge in [0.25, 0.3) is 0 Å². The van der Waals surface area contributed by atoms with Crippen LogP contribution in [-0.4, -0.2) is 63.8 Å². The molecule has 8 nitrogen and oxygen atoms in total. The maximum absolute atomic E-state index is 12.6. The van der Waals surface area contributed by atoms with E-state index in [4.69, 9.17) is 28.4 Å². The Labute approximate surface area is 327 Å². The van der Waals surface area contributed by atoms with Crippen molar-refractivity contribution in [3.63, 3.8) is 0 Å². The summed E-state index contributed by atoms with van der Waals surface area (Å²) >= 11 is 3.66. The average molecular weight is 802 g/mol. The Morgan fingerprint density at radius 2 is 0.962 bits per heavy atom. The predicted octanol–water partition coefficient (Wildman–Crippen LogP) is 11.7. The lowest BCUT2D eigenvalue weighted by Gasteiger charge is -2.23. The molecule has 0 saturated carbocycles. The second kappa shape index (κ2) is 26.8. The van der Waals surface area contributed by atoms with E-state index < -0.39 is 12.2 Å². The molecule has 0 radical (unpaired) electrons. The molecule has 2 atom stereocenters. The van der Waals surface area contributed by atoms with Gasteiger partial charge in [-0.25, -0.2) is 0 Å². The quantitative estimate of drug-likeness (QED) is 0.0374. The Morgan fingerprint density at radius 3 is 1.43 bits per heavy atom. The van der Waals surface area contributed by atoms with Gasteiger partial charge in [0.15, 0.2) is 12.2 Å². The lowest BCUT2D eigenvalue weighted by Crippen LogP contribution is -2.30. The number of rotatable bonds is 30. The van der Waals surface area contributed by atoms with Gasteiger partial charge in [-0.05, 0) is 43.9 Å². The molecule has 2 unspecified atom stereocenters. The van der Waals surface area contributed by atoms with E-state index in [9.17, 15) is 9.59 Å². The van der Waals surface area contributed by atoms with E-state index in [1.807, 2.05) is 56.3 Å². The number of carbonyl (C=O) groups is 2. The number of fused-ring (bicyclic) bond motifs is 2. The number of ether oxygens (including phenoxy) is 6. The van der Waals surface area contributed by atoms with Crippen molar-refractivity contribution in [1.29, 1.82) is 0 Å². The van der Waals surface area contributed by atoms with Crippen LogP contribution in [0, 0.1) is 0 Å². The number of benzene rings is 3. The molecule has 9 heteroatoms. The molecular weight excluding hydrogens is 736 g/mol. The van der Waals surface area contributed by atoms with E-state index in [-0.39, 0.29) is 38.4 Å². The molecule has 0 fully saturated rings. The normalized spacial score (nSPS) is 12.5. The van der Waals surface area contributed by atoms with Gasteiger partial charge in [-0.1, -0.05) is 132 Å². The molecule has 0 aliphatic carbocycles. The van der Waals surface area contributed by atoms with Crippen LogP contribution < -0.4 is 9.47 Å². The lowest BCUT2D eigenvalue weighted by molar-refractivity contribution is -0.155. The van der Waals surface area contributed by atoms with E-state index in [0.29, 0.717) is 50.4 Å². The molecule has 3 aromatic carbocycles. The molecule has 0 heterocycles. The van der Waals surface area contributed by atoms with Crippen LogP contribution in [0.5, 0.6) is 11.5 Å². The van der Waals surface area contributed by atoms with Gasteiger partial charge in [-0.15, -0.1) is 0 Å². The van der Waals surface area contributed by atoms with E-state index in [2.05, 4.69) is 29.8 Å². The molecule has 0 aromatic heterocycles. The van der Waals surface area contributed by atoms with E-state index in [0.717, 1.165) is 51.7 Å². The van der Waals surface area contributed by atoms with Crippen LogP contribution in [0.4, 0.5) is 0 Å². The molecule has 0 aliphatic rings. The molecule has 53 heavy (non-hydrogen) atoms. The summed E-state index contributed by atoms with van der Waals surface area (Å²) < 4.78 is 37.8. The molecule has 0 aliphatic heterocycles. The van der Waals surface area contributed by atoms with Gasteiger partial charge in [-0.2, -0.15) is 0 Å². The SMILES string of the molecule is CCCCCCCCOCC(COc1c2ccccc2c(OCC(COCCCCCCCC)OC(=O)CCC)c2cc(Br)ccc12)OC(=O)CCC. The number of carbonyl (C=O) groups excluding carboxylic acids is 2. The molecule has 0 amide bonds. The van der Waals surface area contributed by atoms with Crippen molar-refractivity contribution in [3.8, 4) is 11.5 Å². The zero-order chi connectivity index (χ0) is 38.1. The van der Waals surface area contributed by atoms with Gasteiger partial charge in [0.2, 0.25) is 0 Å². The van der Waals surface area contributed by atoms with Crippen LogP contribution in [0.2, 0.25) is 0 Å². The van der Waals surface area contributed by atoms with E-state index >= 15 is 0 Å². The third kappa shape index (κ3) is 16.6. The van der Waals surface area contributed by atoms with Crippen molar-refractivity contribution in [1.82, 2.24) is 0 Å². The second-order valence-electron chi connectivity index (χ2n) is 13.9. The fourth-order valence-corrected chi connectivity index (χ4v) is 6.62. The molecule has 296 valence electrons. The number of hydrogen-bond donors (Lipinski definition) is 0. The lowest BCUT2D eigenvalue weighted by atomic mass is 10.0. The smallest absolute Gasteiger partial charge is 0.306 e. The summed E-state index contributed by atoms with van der Waals surface area (Å²) in [5, 5.41) is 3.42. The third-order valence-corrected chi connectivity index (χ3v) is 9.60. The Balaban J connectivity index is 1.80. The summed E-state index contributed by atoms with van der Waals surface area (Å²) in [4.78, 5) is 25.2.